The molecule has 2 heteroatoms. The van der Waals surface area contributed by atoms with Gasteiger partial charge in [-0.05, 0) is 49.6 Å². The van der Waals surface area contributed by atoms with Gasteiger partial charge in [0.2, 0.25) is 0 Å². The molecule has 0 radical (unpaired) electrons. The maximum atomic E-state index is 5.89. The van der Waals surface area contributed by atoms with E-state index >= 15 is 0 Å². The second-order valence-electron chi connectivity index (χ2n) is 6.84. The average molecular weight is 224 g/mol. The average Bonchev–Trinajstić information content (AvgIpc) is 2.84. The van der Waals surface area contributed by atoms with E-state index in [1.807, 2.05) is 0 Å². The molecular formula is C14H28N2. The first kappa shape index (κ1) is 12.4. The molecule has 0 spiro atoms. The first-order valence-corrected chi connectivity index (χ1v) is 6.96. The Morgan fingerprint density at radius 3 is 2.50 bits per heavy atom. The van der Waals surface area contributed by atoms with Crippen LogP contribution in [-0.4, -0.2) is 30.6 Å². The van der Waals surface area contributed by atoms with Crippen LogP contribution in [0.15, 0.2) is 0 Å². The van der Waals surface area contributed by atoms with E-state index < -0.39 is 0 Å². The van der Waals surface area contributed by atoms with Crippen LogP contribution in [0.1, 0.15) is 46.5 Å². The molecule has 0 aromatic rings. The molecule has 16 heavy (non-hydrogen) atoms. The van der Waals surface area contributed by atoms with Crippen LogP contribution in [0.4, 0.5) is 0 Å². The molecule has 0 aromatic heterocycles. The SMILES string of the molecule is CC(C)(C)C1CCN(C2CCCC2CN)C1. The molecule has 1 saturated heterocycles. The normalized spacial score (nSPS) is 37.1. The van der Waals surface area contributed by atoms with Crippen molar-refractivity contribution in [2.45, 2.75) is 52.5 Å². The van der Waals surface area contributed by atoms with Crippen LogP contribution < -0.4 is 5.73 Å². The zero-order valence-electron chi connectivity index (χ0n) is 11.2. The smallest absolute Gasteiger partial charge is 0.0136 e. The van der Waals surface area contributed by atoms with Crippen LogP contribution in [0.3, 0.4) is 0 Å². The van der Waals surface area contributed by atoms with E-state index in [2.05, 4.69) is 25.7 Å². The van der Waals surface area contributed by atoms with E-state index in [1.54, 1.807) is 0 Å². The fourth-order valence-electron chi connectivity index (χ4n) is 3.57. The molecule has 2 aliphatic rings. The third kappa shape index (κ3) is 2.43. The van der Waals surface area contributed by atoms with Crippen molar-refractivity contribution in [3.63, 3.8) is 0 Å². The van der Waals surface area contributed by atoms with E-state index in [1.165, 1.54) is 38.8 Å². The van der Waals surface area contributed by atoms with E-state index in [9.17, 15) is 0 Å². The number of nitrogens with two attached hydrogens (primary N) is 1. The fourth-order valence-corrected chi connectivity index (χ4v) is 3.57. The van der Waals surface area contributed by atoms with Crippen molar-refractivity contribution < 1.29 is 0 Å². The molecule has 1 heterocycles. The molecule has 1 aliphatic carbocycles. The van der Waals surface area contributed by atoms with Crippen molar-refractivity contribution in [3.05, 3.63) is 0 Å². The largest absolute Gasteiger partial charge is 0.330 e. The van der Waals surface area contributed by atoms with Gasteiger partial charge in [-0.3, -0.25) is 4.90 Å². The minimum Gasteiger partial charge on any atom is -0.330 e. The molecule has 1 saturated carbocycles. The number of nitrogens with zero attached hydrogens (tertiary/aromatic N) is 1. The van der Waals surface area contributed by atoms with Gasteiger partial charge in [-0.15, -0.1) is 0 Å². The van der Waals surface area contributed by atoms with Gasteiger partial charge < -0.3 is 5.73 Å². The zero-order chi connectivity index (χ0) is 11.8. The minimum atomic E-state index is 0.478. The van der Waals surface area contributed by atoms with Crippen LogP contribution in [0.5, 0.6) is 0 Å². The topological polar surface area (TPSA) is 29.3 Å². The monoisotopic (exact) mass is 224 g/mol. The number of rotatable bonds is 2. The van der Waals surface area contributed by atoms with Gasteiger partial charge in [-0.1, -0.05) is 27.2 Å². The third-order valence-electron chi connectivity index (χ3n) is 4.84. The molecule has 1 aliphatic heterocycles. The van der Waals surface area contributed by atoms with Crippen molar-refractivity contribution in [3.8, 4) is 0 Å². The van der Waals surface area contributed by atoms with E-state index in [0.29, 0.717) is 5.41 Å². The van der Waals surface area contributed by atoms with Crippen molar-refractivity contribution in [2.24, 2.45) is 23.0 Å². The zero-order valence-corrected chi connectivity index (χ0v) is 11.2. The van der Waals surface area contributed by atoms with Crippen molar-refractivity contribution in [1.29, 1.82) is 0 Å². The molecule has 0 bridgehead atoms. The maximum absolute atomic E-state index is 5.89. The predicted octanol–water partition coefficient (Wildman–Crippen LogP) is 2.48. The Balaban J connectivity index is 1.93. The Morgan fingerprint density at radius 1 is 1.19 bits per heavy atom. The van der Waals surface area contributed by atoms with Gasteiger partial charge in [0.15, 0.2) is 0 Å². The lowest BCUT2D eigenvalue weighted by molar-refractivity contribution is 0.169. The summed E-state index contributed by atoms with van der Waals surface area (Å²) in [7, 11) is 0. The first-order valence-electron chi connectivity index (χ1n) is 6.96. The van der Waals surface area contributed by atoms with Gasteiger partial charge in [0.1, 0.15) is 0 Å². The Kier molecular flexibility index (Phi) is 3.60. The fraction of sp³-hybridized carbons (Fsp3) is 1.00. The highest BCUT2D eigenvalue weighted by molar-refractivity contribution is 4.92. The Morgan fingerprint density at radius 2 is 1.94 bits per heavy atom. The lowest BCUT2D eigenvalue weighted by atomic mass is 9.80. The minimum absolute atomic E-state index is 0.478. The maximum Gasteiger partial charge on any atom is 0.0136 e. The van der Waals surface area contributed by atoms with Crippen molar-refractivity contribution in [2.75, 3.05) is 19.6 Å². The third-order valence-corrected chi connectivity index (χ3v) is 4.84. The van der Waals surface area contributed by atoms with Gasteiger partial charge >= 0.3 is 0 Å². The number of hydrogen-bond donors (Lipinski definition) is 1. The van der Waals surface area contributed by atoms with Crippen molar-refractivity contribution >= 4 is 0 Å². The molecule has 2 rings (SSSR count). The molecule has 3 unspecified atom stereocenters. The summed E-state index contributed by atoms with van der Waals surface area (Å²) in [4.78, 5) is 2.74. The second kappa shape index (κ2) is 4.66. The molecule has 2 N–H and O–H groups in total. The summed E-state index contributed by atoms with van der Waals surface area (Å²) in [5.74, 6) is 1.66. The quantitative estimate of drug-likeness (QED) is 0.781. The molecule has 0 amide bonds. The van der Waals surface area contributed by atoms with E-state index in [0.717, 1.165) is 24.4 Å². The van der Waals surface area contributed by atoms with E-state index in [4.69, 9.17) is 5.73 Å². The van der Waals surface area contributed by atoms with Gasteiger partial charge in [0.05, 0.1) is 0 Å². The van der Waals surface area contributed by atoms with Gasteiger partial charge in [-0.2, -0.15) is 0 Å². The van der Waals surface area contributed by atoms with E-state index in [-0.39, 0.29) is 0 Å². The number of likely N-dealkylation sites (tertiary alicyclic amines) is 1. The molecule has 0 aromatic carbocycles. The second-order valence-corrected chi connectivity index (χ2v) is 6.84. The van der Waals surface area contributed by atoms with Crippen LogP contribution in [0.2, 0.25) is 0 Å². The Labute approximate surface area is 101 Å². The molecule has 2 fully saturated rings. The summed E-state index contributed by atoms with van der Waals surface area (Å²) in [5, 5.41) is 0. The summed E-state index contributed by atoms with van der Waals surface area (Å²) in [6.45, 7) is 10.7. The molecule has 2 nitrogen and oxygen atoms in total. The molecular weight excluding hydrogens is 196 g/mol. The van der Waals surface area contributed by atoms with Crippen LogP contribution in [0, 0.1) is 17.3 Å². The van der Waals surface area contributed by atoms with Crippen molar-refractivity contribution in [1.82, 2.24) is 4.90 Å². The first-order chi connectivity index (χ1) is 7.52. The molecule has 94 valence electrons. The van der Waals surface area contributed by atoms with Gasteiger partial charge in [-0.25, -0.2) is 0 Å². The van der Waals surface area contributed by atoms with Gasteiger partial charge in [0, 0.05) is 12.6 Å². The Bertz CT molecular complexity index is 231. The van der Waals surface area contributed by atoms with Crippen LogP contribution in [-0.2, 0) is 0 Å². The summed E-state index contributed by atoms with van der Waals surface area (Å²) < 4.78 is 0. The van der Waals surface area contributed by atoms with Crippen LogP contribution in [0.25, 0.3) is 0 Å². The summed E-state index contributed by atoms with van der Waals surface area (Å²) >= 11 is 0. The summed E-state index contributed by atoms with van der Waals surface area (Å²) in [6.07, 6.45) is 5.52. The highest BCUT2D eigenvalue weighted by Gasteiger charge is 2.38. The highest BCUT2D eigenvalue weighted by atomic mass is 15.2. The van der Waals surface area contributed by atoms with Crippen LogP contribution >= 0.6 is 0 Å². The predicted molar refractivity (Wildman–Crippen MR) is 69.3 cm³/mol. The highest BCUT2D eigenvalue weighted by Crippen LogP contribution is 2.38. The molecule has 3 atom stereocenters. The lowest BCUT2D eigenvalue weighted by Crippen LogP contribution is -2.39. The summed E-state index contributed by atoms with van der Waals surface area (Å²) in [6, 6.07) is 0.803. The summed E-state index contributed by atoms with van der Waals surface area (Å²) in [5.41, 5.74) is 6.36. The number of hydrogen-bond acceptors (Lipinski definition) is 2. The Hall–Kier alpha value is -0.0800. The van der Waals surface area contributed by atoms with Gasteiger partial charge in [0.25, 0.3) is 0 Å². The standard InChI is InChI=1S/C14H28N2/c1-14(2,3)12-7-8-16(10-12)13-6-4-5-11(13)9-15/h11-13H,4-10,15H2,1-3H3. The lowest BCUT2D eigenvalue weighted by Gasteiger charge is -2.31.